The average Bonchev–Trinajstić information content (AvgIpc) is 3.94. The number of aryl methyl sites for hydroxylation is 1. The molecule has 12 rings (SSSR count). The van der Waals surface area contributed by atoms with E-state index in [0.717, 1.165) is 70.6 Å². The molecule has 70 heavy (non-hydrogen) atoms. The van der Waals surface area contributed by atoms with Crippen LogP contribution in [0.5, 0.6) is 0 Å². The third kappa shape index (κ3) is 7.70. The van der Waals surface area contributed by atoms with Crippen molar-refractivity contribution in [1.82, 2.24) is 9.13 Å². The Morgan fingerprint density at radius 2 is 1.01 bits per heavy atom. The summed E-state index contributed by atoms with van der Waals surface area (Å²) in [6.07, 6.45) is 8.50. The smallest absolute Gasteiger partial charge is 0.0991 e. The van der Waals surface area contributed by atoms with E-state index in [1.54, 1.807) is 0 Å². The van der Waals surface area contributed by atoms with Gasteiger partial charge in [-0.05, 0) is 163 Å². The van der Waals surface area contributed by atoms with Crippen LogP contribution in [0.15, 0.2) is 224 Å². The van der Waals surface area contributed by atoms with Crippen molar-refractivity contribution >= 4 is 55.8 Å². The van der Waals surface area contributed by atoms with Crippen LogP contribution in [0.1, 0.15) is 57.8 Å². The summed E-state index contributed by atoms with van der Waals surface area (Å²) in [6.45, 7) is 0. The van der Waals surface area contributed by atoms with Gasteiger partial charge in [0.25, 0.3) is 0 Å². The standard InChI is InChI=1S/C65H47N5/c66-43-46-21-28-50(29-22-46)57(51-32-39-64-60(41-51)58-15-7-9-17-62(58)69(64)52-11-3-1-4-12-52)38-25-45-19-26-48(27-20-45)49-30-35-55(36-31-49)68(54-33-23-47(44-67)24-34-54)56-37-40-65-61(42-56)59-16-8-10-18-63(59)70(65)53-13-5-2-6-14-53/h1-8,10-16,18-24,26-37,39-42,57H,9,17,25,38H2. The van der Waals surface area contributed by atoms with E-state index in [-0.39, 0.29) is 5.92 Å². The Labute approximate surface area is 408 Å². The summed E-state index contributed by atoms with van der Waals surface area (Å²) in [5.41, 5.74) is 19.0. The van der Waals surface area contributed by atoms with Crippen molar-refractivity contribution in [2.45, 2.75) is 31.6 Å². The van der Waals surface area contributed by atoms with Gasteiger partial charge in [0.15, 0.2) is 0 Å². The minimum absolute atomic E-state index is 0.148. The average molecular weight is 898 g/mol. The zero-order valence-corrected chi connectivity index (χ0v) is 38.6. The summed E-state index contributed by atoms with van der Waals surface area (Å²) in [7, 11) is 0. The molecule has 5 nitrogen and oxygen atoms in total. The first-order chi connectivity index (χ1) is 34.6. The first-order valence-corrected chi connectivity index (χ1v) is 24.1. The van der Waals surface area contributed by atoms with E-state index >= 15 is 0 Å². The molecule has 1 atom stereocenters. The monoisotopic (exact) mass is 897 g/mol. The predicted octanol–water partition coefficient (Wildman–Crippen LogP) is 16.3. The van der Waals surface area contributed by atoms with E-state index in [1.165, 1.54) is 55.3 Å². The van der Waals surface area contributed by atoms with Gasteiger partial charge >= 0.3 is 0 Å². The van der Waals surface area contributed by atoms with Crippen LogP contribution in [0, 0.1) is 22.7 Å². The molecule has 1 unspecified atom stereocenters. The van der Waals surface area contributed by atoms with Gasteiger partial charge in [-0.2, -0.15) is 10.5 Å². The van der Waals surface area contributed by atoms with Crippen molar-refractivity contribution < 1.29 is 0 Å². The Balaban J connectivity index is 0.839. The zero-order chi connectivity index (χ0) is 47.0. The Morgan fingerprint density at radius 3 is 1.70 bits per heavy atom. The maximum atomic E-state index is 9.66. The molecule has 1 aliphatic carbocycles. The fourth-order valence-electron chi connectivity index (χ4n) is 10.7. The van der Waals surface area contributed by atoms with Gasteiger partial charge in [0, 0.05) is 61.8 Å². The van der Waals surface area contributed by atoms with E-state index in [0.29, 0.717) is 11.1 Å². The lowest BCUT2D eigenvalue weighted by molar-refractivity contribution is 0.716. The van der Waals surface area contributed by atoms with Crippen LogP contribution >= 0.6 is 0 Å². The number of nitriles is 2. The van der Waals surface area contributed by atoms with Crippen LogP contribution in [0.25, 0.3) is 61.3 Å². The van der Waals surface area contributed by atoms with Gasteiger partial charge in [-0.15, -0.1) is 0 Å². The molecule has 0 saturated carbocycles. The third-order valence-corrected chi connectivity index (χ3v) is 14.1. The summed E-state index contributed by atoms with van der Waals surface area (Å²) in [6, 6.07) is 82.0. The highest BCUT2D eigenvalue weighted by Gasteiger charge is 2.23. The van der Waals surface area contributed by atoms with Gasteiger partial charge in [0.1, 0.15) is 0 Å². The highest BCUT2D eigenvalue weighted by molar-refractivity contribution is 6.10. The number of benzene rings is 9. The molecule has 0 bridgehead atoms. The lowest BCUT2D eigenvalue weighted by atomic mass is 9.85. The zero-order valence-electron chi connectivity index (χ0n) is 38.6. The number of anilines is 3. The Hall–Kier alpha value is -9.16. The second-order valence-corrected chi connectivity index (χ2v) is 18.2. The molecule has 2 aromatic heterocycles. The normalized spacial score (nSPS) is 12.4. The summed E-state index contributed by atoms with van der Waals surface area (Å²) >= 11 is 0. The molecular weight excluding hydrogens is 851 g/mol. The summed E-state index contributed by atoms with van der Waals surface area (Å²) in [5, 5.41) is 22.9. The van der Waals surface area contributed by atoms with Crippen LogP contribution in [-0.4, -0.2) is 9.13 Å². The number of nitrogens with zero attached hydrogens (tertiary/aromatic N) is 5. The number of para-hydroxylation sites is 3. The molecule has 11 aromatic rings. The topological polar surface area (TPSA) is 60.7 Å². The lowest BCUT2D eigenvalue weighted by Gasteiger charge is -2.26. The second-order valence-electron chi connectivity index (χ2n) is 18.2. The number of hydrogen-bond donors (Lipinski definition) is 0. The van der Waals surface area contributed by atoms with Gasteiger partial charge in [-0.3, -0.25) is 0 Å². The molecule has 5 heteroatoms. The first-order valence-electron chi connectivity index (χ1n) is 24.1. The Morgan fingerprint density at radius 1 is 0.471 bits per heavy atom. The van der Waals surface area contributed by atoms with Crippen molar-refractivity contribution in [3.05, 3.63) is 264 Å². The first kappa shape index (κ1) is 42.2. The number of aromatic nitrogens is 2. The molecule has 0 aliphatic heterocycles. The van der Waals surface area contributed by atoms with E-state index in [1.807, 2.05) is 36.4 Å². The SMILES string of the molecule is N#Cc1ccc(C(CCc2ccc(-c3ccc(N(c4ccc(C#N)cc4)c4ccc5c(c4)c4ccccc4n5-c4ccccc4)cc3)cc2)c2ccc3c(c2)c2c(n3-c3ccccc3)CCC=C2)cc1. The fraction of sp³-hybridized carbons (Fsp3) is 0.0769. The molecule has 2 heterocycles. The fourth-order valence-corrected chi connectivity index (χ4v) is 10.7. The Kier molecular flexibility index (Phi) is 10.9. The molecule has 1 aliphatic rings. The molecule has 9 aromatic carbocycles. The quantitative estimate of drug-likeness (QED) is 0.130. The van der Waals surface area contributed by atoms with Gasteiger partial charge in [0.2, 0.25) is 0 Å². The second kappa shape index (κ2) is 18.1. The summed E-state index contributed by atoms with van der Waals surface area (Å²) < 4.78 is 4.78. The maximum Gasteiger partial charge on any atom is 0.0991 e. The minimum atomic E-state index is 0.148. The van der Waals surface area contributed by atoms with E-state index < -0.39 is 0 Å². The van der Waals surface area contributed by atoms with Gasteiger partial charge in [-0.1, -0.05) is 121 Å². The van der Waals surface area contributed by atoms with Crippen LogP contribution in [0.2, 0.25) is 0 Å². The molecule has 0 amide bonds. The number of hydrogen-bond acceptors (Lipinski definition) is 3. The van der Waals surface area contributed by atoms with Crippen molar-refractivity contribution in [3.63, 3.8) is 0 Å². The largest absolute Gasteiger partial charge is 0.313 e. The highest BCUT2D eigenvalue weighted by atomic mass is 15.1. The molecular formula is C65H47N5. The maximum absolute atomic E-state index is 9.66. The number of rotatable bonds is 11. The molecule has 0 fully saturated rings. The molecule has 0 N–H and O–H groups in total. The summed E-state index contributed by atoms with van der Waals surface area (Å²) in [5.74, 6) is 0.148. The van der Waals surface area contributed by atoms with Crippen LogP contribution in [-0.2, 0) is 12.8 Å². The number of allylic oxidation sites excluding steroid dienone is 1. The van der Waals surface area contributed by atoms with Crippen molar-refractivity contribution in [2.24, 2.45) is 0 Å². The van der Waals surface area contributed by atoms with Crippen molar-refractivity contribution in [1.29, 1.82) is 10.5 Å². The van der Waals surface area contributed by atoms with E-state index in [4.69, 9.17) is 0 Å². The summed E-state index contributed by atoms with van der Waals surface area (Å²) in [4.78, 5) is 2.27. The van der Waals surface area contributed by atoms with Gasteiger partial charge in [-0.25, -0.2) is 0 Å². The van der Waals surface area contributed by atoms with Crippen LogP contribution in [0.3, 0.4) is 0 Å². The molecule has 0 radical (unpaired) electrons. The highest BCUT2D eigenvalue weighted by Crippen LogP contribution is 2.42. The lowest BCUT2D eigenvalue weighted by Crippen LogP contribution is -2.10. The molecule has 0 saturated heterocycles. The van der Waals surface area contributed by atoms with E-state index in [9.17, 15) is 10.5 Å². The van der Waals surface area contributed by atoms with Crippen LogP contribution in [0.4, 0.5) is 17.1 Å². The minimum Gasteiger partial charge on any atom is -0.313 e. The molecule has 332 valence electrons. The van der Waals surface area contributed by atoms with Crippen LogP contribution < -0.4 is 4.90 Å². The van der Waals surface area contributed by atoms with Crippen molar-refractivity contribution in [2.75, 3.05) is 4.90 Å². The third-order valence-electron chi connectivity index (χ3n) is 14.1. The van der Waals surface area contributed by atoms with Crippen molar-refractivity contribution in [3.8, 4) is 34.6 Å². The van der Waals surface area contributed by atoms with Gasteiger partial charge in [0.05, 0.1) is 39.8 Å². The predicted molar refractivity (Wildman–Crippen MR) is 288 cm³/mol. The molecule has 0 spiro atoms. The Bertz CT molecular complexity index is 3810. The van der Waals surface area contributed by atoms with Gasteiger partial charge < -0.3 is 14.0 Å². The van der Waals surface area contributed by atoms with E-state index in [2.05, 4.69) is 220 Å². The number of fused-ring (bicyclic) bond motifs is 6.